The van der Waals surface area contributed by atoms with Crippen LogP contribution in [0.4, 0.5) is 0 Å². The van der Waals surface area contributed by atoms with Crippen LogP contribution in [0, 0.1) is 6.92 Å². The molecule has 2 aromatic rings. The molecule has 0 saturated carbocycles. The highest BCUT2D eigenvalue weighted by molar-refractivity contribution is 5.81. The molecule has 130 valence electrons. The molecule has 0 heteroatoms. The molecule has 0 bridgehead atoms. The van der Waals surface area contributed by atoms with E-state index in [1.807, 2.05) is 12.2 Å². The number of hydrogen-bond acceptors (Lipinski definition) is 0. The summed E-state index contributed by atoms with van der Waals surface area (Å²) >= 11 is 0. The summed E-state index contributed by atoms with van der Waals surface area (Å²) in [5.74, 6) is 0.219. The molecule has 3 rings (SSSR count). The predicted octanol–water partition coefficient (Wildman–Crippen LogP) is 7.32. The Balaban J connectivity index is 2.28. The molecule has 0 saturated heterocycles. The van der Waals surface area contributed by atoms with Crippen LogP contribution >= 0.6 is 0 Å². The second kappa shape index (κ2) is 7.04. The Morgan fingerprint density at radius 3 is 2.00 bits per heavy atom. The van der Waals surface area contributed by atoms with Crippen molar-refractivity contribution in [2.75, 3.05) is 0 Å². The van der Waals surface area contributed by atoms with Gasteiger partial charge in [0.2, 0.25) is 0 Å². The number of allylic oxidation sites excluding steroid dienone is 2. The molecule has 0 amide bonds. The molecule has 0 spiro atoms. The van der Waals surface area contributed by atoms with E-state index in [-0.39, 0.29) is 11.3 Å². The van der Waals surface area contributed by atoms with Gasteiger partial charge in [-0.2, -0.15) is 0 Å². The molecule has 1 aliphatic carbocycles. The SMILES string of the molecule is C=CC(C=C)c1ccc2c(c1)C(CCC)(CCC)c1cc(C)ccc1-2. The van der Waals surface area contributed by atoms with Crippen LogP contribution in [0.3, 0.4) is 0 Å². The normalized spacial score (nSPS) is 14.2. The summed E-state index contributed by atoms with van der Waals surface area (Å²) in [6, 6.07) is 14.0. The van der Waals surface area contributed by atoms with Gasteiger partial charge < -0.3 is 0 Å². The van der Waals surface area contributed by atoms with Gasteiger partial charge in [-0.25, -0.2) is 0 Å². The first-order chi connectivity index (χ1) is 12.1. The molecular weight excluding hydrogens is 300 g/mol. The van der Waals surface area contributed by atoms with Crippen molar-refractivity contribution in [3.8, 4) is 11.1 Å². The maximum atomic E-state index is 3.99. The highest BCUT2D eigenvalue weighted by Crippen LogP contribution is 2.54. The Hall–Kier alpha value is -2.08. The van der Waals surface area contributed by atoms with E-state index in [1.165, 1.54) is 59.1 Å². The number of hydrogen-bond donors (Lipinski definition) is 0. The van der Waals surface area contributed by atoms with E-state index in [4.69, 9.17) is 0 Å². The van der Waals surface area contributed by atoms with Crippen LogP contribution in [-0.4, -0.2) is 0 Å². The Morgan fingerprint density at radius 2 is 1.44 bits per heavy atom. The molecule has 0 fully saturated rings. The number of benzene rings is 2. The zero-order chi connectivity index (χ0) is 18.0. The maximum absolute atomic E-state index is 3.99. The zero-order valence-corrected chi connectivity index (χ0v) is 15.9. The summed E-state index contributed by atoms with van der Waals surface area (Å²) in [7, 11) is 0. The number of aryl methyl sites for hydroxylation is 1. The van der Waals surface area contributed by atoms with Gasteiger partial charge >= 0.3 is 0 Å². The Kier molecular flexibility index (Phi) is 4.99. The highest BCUT2D eigenvalue weighted by Gasteiger charge is 2.41. The second-order valence-electron chi connectivity index (χ2n) is 7.43. The fraction of sp³-hybridized carbons (Fsp3) is 0.360. The Labute approximate surface area is 153 Å². The lowest BCUT2D eigenvalue weighted by molar-refractivity contribution is 0.435. The minimum Gasteiger partial charge on any atom is -0.102 e. The first-order valence-electron chi connectivity index (χ1n) is 9.62. The molecule has 2 aromatic carbocycles. The molecule has 0 N–H and O–H groups in total. The van der Waals surface area contributed by atoms with Gasteiger partial charge in [-0.05, 0) is 47.6 Å². The van der Waals surface area contributed by atoms with Gasteiger partial charge in [0.1, 0.15) is 0 Å². The standard InChI is InChI=1S/C25H30/c1-6-14-25(15-7-2)23-16-18(5)10-12-21(23)22-13-11-20(17-24(22)25)19(8-3)9-4/h8-13,16-17,19H,3-4,6-7,14-15H2,1-2,5H3. The first-order valence-corrected chi connectivity index (χ1v) is 9.62. The zero-order valence-electron chi connectivity index (χ0n) is 15.9. The van der Waals surface area contributed by atoms with Crippen LogP contribution < -0.4 is 0 Å². The lowest BCUT2D eigenvalue weighted by Gasteiger charge is -2.32. The fourth-order valence-electron chi connectivity index (χ4n) is 4.72. The predicted molar refractivity (Wildman–Crippen MR) is 110 cm³/mol. The van der Waals surface area contributed by atoms with Crippen LogP contribution in [0.15, 0.2) is 61.7 Å². The van der Waals surface area contributed by atoms with E-state index in [0.29, 0.717) is 0 Å². The van der Waals surface area contributed by atoms with Gasteiger partial charge in [0.15, 0.2) is 0 Å². The van der Waals surface area contributed by atoms with Gasteiger partial charge in [-0.15, -0.1) is 13.2 Å². The topological polar surface area (TPSA) is 0 Å². The number of rotatable bonds is 7. The highest BCUT2D eigenvalue weighted by atomic mass is 14.4. The molecule has 25 heavy (non-hydrogen) atoms. The minimum absolute atomic E-state index is 0.156. The quantitative estimate of drug-likeness (QED) is 0.467. The third kappa shape index (κ3) is 2.78. The van der Waals surface area contributed by atoms with Gasteiger partial charge in [0.05, 0.1) is 0 Å². The van der Waals surface area contributed by atoms with Crippen molar-refractivity contribution in [2.24, 2.45) is 0 Å². The summed E-state index contributed by atoms with van der Waals surface area (Å²) < 4.78 is 0. The summed E-state index contributed by atoms with van der Waals surface area (Å²) in [5.41, 5.74) is 8.74. The van der Waals surface area contributed by atoms with Gasteiger partial charge in [-0.3, -0.25) is 0 Å². The average Bonchev–Trinajstić information content (AvgIpc) is 2.86. The van der Waals surface area contributed by atoms with Crippen molar-refractivity contribution in [1.82, 2.24) is 0 Å². The lowest BCUT2D eigenvalue weighted by atomic mass is 9.71. The summed E-state index contributed by atoms with van der Waals surface area (Å²) in [5, 5.41) is 0. The van der Waals surface area contributed by atoms with Gasteiger partial charge in [0, 0.05) is 11.3 Å². The first kappa shape index (κ1) is 17.7. The molecule has 0 aliphatic heterocycles. The Morgan fingerprint density at radius 1 is 0.880 bits per heavy atom. The maximum Gasteiger partial charge on any atom is 0.0215 e. The van der Waals surface area contributed by atoms with E-state index < -0.39 is 0 Å². The lowest BCUT2D eigenvalue weighted by Crippen LogP contribution is -2.25. The molecule has 0 unspecified atom stereocenters. The van der Waals surface area contributed by atoms with E-state index >= 15 is 0 Å². The fourth-order valence-corrected chi connectivity index (χ4v) is 4.72. The van der Waals surface area contributed by atoms with E-state index in [0.717, 1.165) is 0 Å². The molecular formula is C25H30. The second-order valence-corrected chi connectivity index (χ2v) is 7.43. The van der Waals surface area contributed by atoms with Crippen molar-refractivity contribution < 1.29 is 0 Å². The van der Waals surface area contributed by atoms with Crippen molar-refractivity contribution >= 4 is 0 Å². The van der Waals surface area contributed by atoms with Crippen molar-refractivity contribution in [2.45, 2.75) is 57.8 Å². The molecule has 0 atom stereocenters. The number of fused-ring (bicyclic) bond motifs is 3. The van der Waals surface area contributed by atoms with Crippen LogP contribution in [0.5, 0.6) is 0 Å². The van der Waals surface area contributed by atoms with Crippen LogP contribution in [0.1, 0.15) is 67.7 Å². The van der Waals surface area contributed by atoms with Crippen molar-refractivity contribution in [3.05, 3.63) is 84.0 Å². The van der Waals surface area contributed by atoms with Crippen LogP contribution in [0.2, 0.25) is 0 Å². The molecule has 0 heterocycles. The molecule has 0 radical (unpaired) electrons. The molecule has 0 nitrogen and oxygen atoms in total. The third-order valence-electron chi connectivity index (χ3n) is 5.79. The Bertz CT molecular complexity index is 780. The summed E-state index contributed by atoms with van der Waals surface area (Å²) in [4.78, 5) is 0. The monoisotopic (exact) mass is 330 g/mol. The van der Waals surface area contributed by atoms with Gasteiger partial charge in [-0.1, -0.05) is 80.8 Å². The molecule has 0 aromatic heterocycles. The van der Waals surface area contributed by atoms with Gasteiger partial charge in [0.25, 0.3) is 0 Å². The minimum atomic E-state index is 0.156. The van der Waals surface area contributed by atoms with Crippen LogP contribution in [0.25, 0.3) is 11.1 Å². The van der Waals surface area contributed by atoms with Crippen LogP contribution in [-0.2, 0) is 5.41 Å². The summed E-state index contributed by atoms with van der Waals surface area (Å²) in [6.45, 7) is 14.8. The summed E-state index contributed by atoms with van der Waals surface area (Å²) in [6.07, 6.45) is 8.79. The smallest absolute Gasteiger partial charge is 0.0215 e. The van der Waals surface area contributed by atoms with E-state index in [2.05, 4.69) is 70.3 Å². The third-order valence-corrected chi connectivity index (χ3v) is 5.79. The van der Waals surface area contributed by atoms with Crippen molar-refractivity contribution in [1.29, 1.82) is 0 Å². The van der Waals surface area contributed by atoms with E-state index in [9.17, 15) is 0 Å². The average molecular weight is 331 g/mol. The molecule has 1 aliphatic rings. The largest absolute Gasteiger partial charge is 0.102 e. The van der Waals surface area contributed by atoms with Crippen molar-refractivity contribution in [3.63, 3.8) is 0 Å². The van der Waals surface area contributed by atoms with E-state index in [1.54, 1.807) is 0 Å².